The Kier molecular flexibility index (Phi) is 7.84. The molecule has 0 spiro atoms. The Labute approximate surface area is 190 Å². The highest BCUT2D eigenvalue weighted by molar-refractivity contribution is 7.89. The fourth-order valence-corrected chi connectivity index (χ4v) is 3.38. The number of aliphatic hydroxyl groups is 2. The number of nitrogens with two attached hydrogens (primary N) is 1. The molecule has 12 heteroatoms. The van der Waals surface area contributed by atoms with E-state index in [4.69, 9.17) is 15.1 Å². The molecule has 0 aliphatic rings. The van der Waals surface area contributed by atoms with Gasteiger partial charge in [0.25, 0.3) is 5.91 Å². The van der Waals surface area contributed by atoms with Crippen molar-refractivity contribution >= 4 is 21.6 Å². The molecule has 1 aromatic heterocycles. The first kappa shape index (κ1) is 25.8. The predicted molar refractivity (Wildman–Crippen MR) is 116 cm³/mol. The summed E-state index contributed by atoms with van der Waals surface area (Å²) < 4.78 is 44.2. The molecule has 2 aromatic rings. The number of anilines is 1. The van der Waals surface area contributed by atoms with Gasteiger partial charge in [0.2, 0.25) is 10.0 Å². The summed E-state index contributed by atoms with van der Waals surface area (Å²) in [7, 11) is -2.89. The summed E-state index contributed by atoms with van der Waals surface area (Å²) in [5.74, 6) is 2.97. The number of benzene rings is 1. The number of primary sulfonamides is 1. The van der Waals surface area contributed by atoms with Crippen LogP contribution in [0.2, 0.25) is 0 Å². The van der Waals surface area contributed by atoms with E-state index < -0.39 is 38.3 Å². The van der Waals surface area contributed by atoms with Crippen molar-refractivity contribution in [1.82, 2.24) is 4.57 Å². The van der Waals surface area contributed by atoms with Gasteiger partial charge in [-0.1, -0.05) is 11.8 Å². The van der Waals surface area contributed by atoms with Gasteiger partial charge in [0.1, 0.15) is 28.5 Å². The van der Waals surface area contributed by atoms with Gasteiger partial charge in [-0.15, -0.1) is 0 Å². The number of aliphatic hydroxyl groups excluding tert-OH is 1. The van der Waals surface area contributed by atoms with Gasteiger partial charge in [0.05, 0.1) is 12.2 Å². The molecular formula is C21H23FN4O6S. The summed E-state index contributed by atoms with van der Waals surface area (Å²) in [4.78, 5) is 12.4. The third-order valence-corrected chi connectivity index (χ3v) is 5.05. The predicted octanol–water partition coefficient (Wildman–Crippen LogP) is 0.840. The minimum atomic E-state index is -4.28. The third kappa shape index (κ3) is 7.03. The second kappa shape index (κ2) is 10.0. The molecule has 1 aromatic carbocycles. The molecule has 5 N–H and O–H groups in total. The molecule has 1 amide bonds. The molecule has 0 fully saturated rings. The fourth-order valence-electron chi connectivity index (χ4n) is 2.67. The Morgan fingerprint density at radius 2 is 2.09 bits per heavy atom. The lowest BCUT2D eigenvalue weighted by Crippen LogP contribution is -2.19. The Morgan fingerprint density at radius 1 is 1.42 bits per heavy atom. The minimum Gasteiger partial charge on any atom is -0.490 e. The average molecular weight is 479 g/mol. The Balaban J connectivity index is 2.31. The van der Waals surface area contributed by atoms with Crippen LogP contribution in [0, 0.1) is 29.0 Å². The number of nitrogens with zero attached hydrogens (tertiary/aromatic N) is 2. The fraction of sp³-hybridized carbons (Fsp3) is 0.333. The molecule has 176 valence electrons. The number of halogens is 1. The molecule has 1 heterocycles. The highest BCUT2D eigenvalue weighted by Crippen LogP contribution is 2.30. The summed E-state index contributed by atoms with van der Waals surface area (Å²) in [6.07, 6.45) is -0.152. The first-order valence-electron chi connectivity index (χ1n) is 9.52. The SMILES string of the molecule is Cn1cc(S(N)(=O)=O)c(OCC[C@@H](O)C#CC(C)(C)O)c1C(=O)Nc1ccc(F)c(C#N)c1. The number of amides is 1. The van der Waals surface area contributed by atoms with E-state index in [1.54, 1.807) is 6.07 Å². The lowest BCUT2D eigenvalue weighted by atomic mass is 10.1. The maximum atomic E-state index is 13.5. The van der Waals surface area contributed by atoms with Crippen LogP contribution in [0.25, 0.3) is 0 Å². The summed E-state index contributed by atoms with van der Waals surface area (Å²) in [6.45, 7) is 2.65. The number of nitrogens with one attached hydrogen (secondary N) is 1. The average Bonchev–Trinajstić information content (AvgIpc) is 3.04. The van der Waals surface area contributed by atoms with E-state index >= 15 is 0 Å². The van der Waals surface area contributed by atoms with Crippen LogP contribution in [-0.2, 0) is 17.1 Å². The van der Waals surface area contributed by atoms with Gasteiger partial charge < -0.3 is 24.8 Å². The Hall–Kier alpha value is -3.42. The van der Waals surface area contributed by atoms with E-state index in [9.17, 15) is 27.8 Å². The number of sulfonamides is 1. The van der Waals surface area contributed by atoms with Crippen molar-refractivity contribution in [2.24, 2.45) is 12.2 Å². The lowest BCUT2D eigenvalue weighted by Gasteiger charge is -2.12. The van der Waals surface area contributed by atoms with Crippen molar-refractivity contribution in [3.05, 3.63) is 41.5 Å². The van der Waals surface area contributed by atoms with Crippen molar-refractivity contribution in [1.29, 1.82) is 5.26 Å². The van der Waals surface area contributed by atoms with E-state index in [1.165, 1.54) is 31.5 Å². The number of aryl methyl sites for hydroxylation is 1. The molecule has 0 aliphatic heterocycles. The van der Waals surface area contributed by atoms with Crippen molar-refractivity contribution in [2.45, 2.75) is 36.9 Å². The second-order valence-electron chi connectivity index (χ2n) is 7.57. The number of carbonyl (C=O) groups excluding carboxylic acids is 1. The monoisotopic (exact) mass is 478 g/mol. The zero-order chi connectivity index (χ0) is 25.0. The van der Waals surface area contributed by atoms with Gasteiger partial charge in [-0.2, -0.15) is 5.26 Å². The number of hydrogen-bond acceptors (Lipinski definition) is 7. The van der Waals surface area contributed by atoms with Crippen LogP contribution in [0.5, 0.6) is 5.75 Å². The van der Waals surface area contributed by atoms with Gasteiger partial charge in [-0.05, 0) is 32.0 Å². The van der Waals surface area contributed by atoms with E-state index in [1.807, 2.05) is 0 Å². The van der Waals surface area contributed by atoms with Gasteiger partial charge in [-0.3, -0.25) is 4.79 Å². The first-order valence-corrected chi connectivity index (χ1v) is 11.1. The van der Waals surface area contributed by atoms with Crippen molar-refractivity contribution in [2.75, 3.05) is 11.9 Å². The van der Waals surface area contributed by atoms with Gasteiger partial charge in [0, 0.05) is 25.4 Å². The molecule has 1 atom stereocenters. The van der Waals surface area contributed by atoms with Crippen LogP contribution in [0.15, 0.2) is 29.3 Å². The lowest BCUT2D eigenvalue weighted by molar-refractivity contribution is 0.101. The molecule has 0 aliphatic carbocycles. The molecule has 0 bridgehead atoms. The van der Waals surface area contributed by atoms with E-state index in [0.717, 1.165) is 18.3 Å². The summed E-state index contributed by atoms with van der Waals surface area (Å²) in [6, 6.07) is 5.01. The van der Waals surface area contributed by atoms with Crippen LogP contribution in [-0.4, -0.2) is 47.4 Å². The normalized spacial score (nSPS) is 12.3. The smallest absolute Gasteiger partial charge is 0.276 e. The molecule has 0 unspecified atom stereocenters. The highest BCUT2D eigenvalue weighted by atomic mass is 32.2. The zero-order valence-electron chi connectivity index (χ0n) is 18.1. The maximum Gasteiger partial charge on any atom is 0.276 e. The first-order chi connectivity index (χ1) is 15.2. The van der Waals surface area contributed by atoms with Gasteiger partial charge >= 0.3 is 0 Å². The standard InChI is InChI=1S/C21H23FN4O6S/c1-21(2,29)8-6-15(27)7-9-32-19-17(33(24,30)31)12-26(3)18(19)20(28)25-14-4-5-16(22)13(10-14)11-23/h4-5,10,12,15,27,29H,7,9H2,1-3H3,(H,25,28)(H2,24,30,31)/t15-/m0/s1. The van der Waals surface area contributed by atoms with Crippen LogP contribution < -0.4 is 15.2 Å². The Bertz CT molecular complexity index is 1260. The molecular weight excluding hydrogens is 455 g/mol. The highest BCUT2D eigenvalue weighted by Gasteiger charge is 2.28. The maximum absolute atomic E-state index is 13.5. The number of nitriles is 1. The van der Waals surface area contributed by atoms with Gasteiger partial charge in [-0.25, -0.2) is 17.9 Å². The zero-order valence-corrected chi connectivity index (χ0v) is 18.9. The van der Waals surface area contributed by atoms with Crippen LogP contribution in [0.3, 0.4) is 0 Å². The Morgan fingerprint density at radius 3 is 2.67 bits per heavy atom. The molecule has 33 heavy (non-hydrogen) atoms. The molecule has 10 nitrogen and oxygen atoms in total. The third-order valence-electron chi connectivity index (χ3n) is 4.15. The topological polar surface area (TPSA) is 168 Å². The summed E-state index contributed by atoms with van der Waals surface area (Å²) in [5.41, 5.74) is -1.71. The van der Waals surface area contributed by atoms with Gasteiger partial charge in [0.15, 0.2) is 11.4 Å². The summed E-state index contributed by atoms with van der Waals surface area (Å²) >= 11 is 0. The van der Waals surface area contributed by atoms with Crippen molar-refractivity contribution in [3.63, 3.8) is 0 Å². The van der Waals surface area contributed by atoms with Crippen molar-refractivity contribution < 1.29 is 32.6 Å². The number of carbonyl (C=O) groups is 1. The van der Waals surface area contributed by atoms with Crippen LogP contribution >= 0.6 is 0 Å². The van der Waals surface area contributed by atoms with E-state index in [-0.39, 0.29) is 35.7 Å². The van der Waals surface area contributed by atoms with Crippen LogP contribution in [0.1, 0.15) is 36.3 Å². The number of ether oxygens (including phenoxy) is 1. The largest absolute Gasteiger partial charge is 0.490 e. The summed E-state index contributed by atoms with van der Waals surface area (Å²) in [5, 5.41) is 36.1. The van der Waals surface area contributed by atoms with E-state index in [0.29, 0.717) is 0 Å². The molecule has 0 saturated carbocycles. The molecule has 0 radical (unpaired) electrons. The van der Waals surface area contributed by atoms with E-state index in [2.05, 4.69) is 17.2 Å². The second-order valence-corrected chi connectivity index (χ2v) is 9.10. The minimum absolute atomic E-state index is 0.0629. The quantitative estimate of drug-likeness (QED) is 0.428. The number of hydrogen-bond donors (Lipinski definition) is 4. The molecule has 2 rings (SSSR count). The van der Waals surface area contributed by atoms with Crippen LogP contribution in [0.4, 0.5) is 10.1 Å². The number of aromatic nitrogens is 1. The molecule has 0 saturated heterocycles. The number of rotatable bonds is 7. The van der Waals surface area contributed by atoms with Crippen molar-refractivity contribution in [3.8, 4) is 23.7 Å².